The minimum Gasteiger partial charge on any atom is -0.303 e. The van der Waals surface area contributed by atoms with Crippen molar-refractivity contribution in [3.8, 4) is 0 Å². The van der Waals surface area contributed by atoms with Crippen LogP contribution >= 0.6 is 0 Å². The van der Waals surface area contributed by atoms with Crippen LogP contribution in [0.2, 0.25) is 0 Å². The fourth-order valence-corrected chi connectivity index (χ4v) is 2.32. The molecule has 0 aliphatic heterocycles. The van der Waals surface area contributed by atoms with Gasteiger partial charge in [0.1, 0.15) is 6.29 Å². The summed E-state index contributed by atoms with van der Waals surface area (Å²) in [5.74, 6) is 0.250. The minimum atomic E-state index is -2.98. The van der Waals surface area contributed by atoms with Gasteiger partial charge in [0, 0.05) is 12.7 Å². The van der Waals surface area contributed by atoms with Crippen molar-refractivity contribution < 1.29 is 13.2 Å². The zero-order valence-corrected chi connectivity index (χ0v) is 10.3. The van der Waals surface area contributed by atoms with E-state index in [1.807, 2.05) is 19.1 Å². The topological polar surface area (TPSA) is 51.2 Å². The number of rotatable bonds is 5. The minimum absolute atomic E-state index is 0.0648. The fraction of sp³-hybridized carbons (Fsp3) is 0.417. The summed E-state index contributed by atoms with van der Waals surface area (Å²) >= 11 is 0. The SMILES string of the molecule is CC(CC=O)c1ccc(CS(C)(=O)=O)cc1. The van der Waals surface area contributed by atoms with Gasteiger partial charge in [-0.1, -0.05) is 31.2 Å². The van der Waals surface area contributed by atoms with Crippen molar-refractivity contribution in [3.05, 3.63) is 35.4 Å². The van der Waals surface area contributed by atoms with Crippen LogP contribution in [0.3, 0.4) is 0 Å². The zero-order valence-electron chi connectivity index (χ0n) is 9.51. The van der Waals surface area contributed by atoms with Gasteiger partial charge in [-0.15, -0.1) is 0 Å². The molecule has 1 atom stereocenters. The molecule has 0 bridgehead atoms. The molecule has 0 spiro atoms. The number of carbonyl (C=O) groups is 1. The summed E-state index contributed by atoms with van der Waals surface area (Å²) < 4.78 is 22.2. The highest BCUT2D eigenvalue weighted by molar-refractivity contribution is 7.89. The normalized spacial score (nSPS) is 13.4. The van der Waals surface area contributed by atoms with Crippen molar-refractivity contribution >= 4 is 16.1 Å². The number of aldehydes is 1. The number of carbonyl (C=O) groups excluding carboxylic acids is 1. The molecule has 0 saturated heterocycles. The maximum atomic E-state index is 11.1. The molecule has 0 radical (unpaired) electrons. The lowest BCUT2D eigenvalue weighted by Crippen LogP contribution is -2.01. The number of hydrogen-bond acceptors (Lipinski definition) is 3. The van der Waals surface area contributed by atoms with Crippen molar-refractivity contribution in [2.75, 3.05) is 6.26 Å². The third-order valence-electron chi connectivity index (χ3n) is 2.43. The smallest absolute Gasteiger partial charge is 0.151 e. The predicted octanol–water partition coefficient (Wildman–Crippen LogP) is 1.92. The zero-order chi connectivity index (χ0) is 12.2. The summed E-state index contributed by atoms with van der Waals surface area (Å²) in [4.78, 5) is 10.4. The second kappa shape index (κ2) is 5.25. The molecule has 1 aromatic rings. The Kier molecular flexibility index (Phi) is 4.24. The third kappa shape index (κ3) is 4.14. The summed E-state index contributed by atoms with van der Waals surface area (Å²) in [6.45, 7) is 1.97. The molecule has 0 N–H and O–H groups in total. The predicted molar refractivity (Wildman–Crippen MR) is 64.1 cm³/mol. The summed E-state index contributed by atoms with van der Waals surface area (Å²) in [7, 11) is -2.98. The first-order chi connectivity index (χ1) is 7.42. The first-order valence-corrected chi connectivity index (χ1v) is 7.18. The molecule has 0 amide bonds. The lowest BCUT2D eigenvalue weighted by atomic mass is 9.98. The van der Waals surface area contributed by atoms with Gasteiger partial charge < -0.3 is 4.79 Å². The van der Waals surface area contributed by atoms with E-state index in [1.54, 1.807) is 12.1 Å². The number of hydrogen-bond donors (Lipinski definition) is 0. The highest BCUT2D eigenvalue weighted by Crippen LogP contribution is 2.18. The molecule has 0 fully saturated rings. The van der Waals surface area contributed by atoms with Gasteiger partial charge in [-0.2, -0.15) is 0 Å². The summed E-state index contributed by atoms with van der Waals surface area (Å²) in [6.07, 6.45) is 2.61. The van der Waals surface area contributed by atoms with Crippen LogP contribution in [0.4, 0.5) is 0 Å². The van der Waals surface area contributed by atoms with Crippen molar-refractivity contribution in [2.45, 2.75) is 25.0 Å². The molecule has 0 heterocycles. The van der Waals surface area contributed by atoms with Crippen molar-refractivity contribution in [2.24, 2.45) is 0 Å². The Morgan fingerprint density at radius 2 is 1.81 bits per heavy atom. The molecular weight excluding hydrogens is 224 g/mol. The number of sulfone groups is 1. The summed E-state index contributed by atoms with van der Waals surface area (Å²) in [5, 5.41) is 0. The van der Waals surface area contributed by atoms with Crippen molar-refractivity contribution in [3.63, 3.8) is 0 Å². The van der Waals surface area contributed by atoms with Gasteiger partial charge in [0.2, 0.25) is 0 Å². The Hall–Kier alpha value is -1.16. The Balaban J connectivity index is 2.79. The van der Waals surface area contributed by atoms with E-state index < -0.39 is 9.84 Å². The highest BCUT2D eigenvalue weighted by Gasteiger charge is 2.07. The molecule has 0 aromatic heterocycles. The van der Waals surface area contributed by atoms with Gasteiger partial charge >= 0.3 is 0 Å². The van der Waals surface area contributed by atoms with Crippen LogP contribution in [-0.2, 0) is 20.4 Å². The summed E-state index contributed by atoms with van der Waals surface area (Å²) in [5.41, 5.74) is 1.84. The van der Waals surface area contributed by atoms with E-state index in [0.29, 0.717) is 6.42 Å². The molecule has 3 nitrogen and oxygen atoms in total. The van der Waals surface area contributed by atoms with Crippen LogP contribution in [0.1, 0.15) is 30.4 Å². The second-order valence-corrected chi connectivity index (χ2v) is 6.26. The van der Waals surface area contributed by atoms with E-state index in [9.17, 15) is 13.2 Å². The second-order valence-electron chi connectivity index (χ2n) is 4.12. The van der Waals surface area contributed by atoms with E-state index in [4.69, 9.17) is 0 Å². The Morgan fingerprint density at radius 3 is 2.25 bits per heavy atom. The van der Waals surface area contributed by atoms with Gasteiger partial charge in [0.05, 0.1) is 5.75 Å². The van der Waals surface area contributed by atoms with E-state index >= 15 is 0 Å². The quantitative estimate of drug-likeness (QED) is 0.739. The fourth-order valence-electron chi connectivity index (χ4n) is 1.53. The monoisotopic (exact) mass is 240 g/mol. The largest absolute Gasteiger partial charge is 0.303 e. The maximum absolute atomic E-state index is 11.1. The molecule has 4 heteroatoms. The molecule has 0 aliphatic rings. The van der Waals surface area contributed by atoms with Gasteiger partial charge in [-0.3, -0.25) is 0 Å². The van der Waals surface area contributed by atoms with Gasteiger partial charge in [-0.05, 0) is 17.0 Å². The molecule has 1 rings (SSSR count). The van der Waals surface area contributed by atoms with Crippen molar-refractivity contribution in [1.29, 1.82) is 0 Å². The third-order valence-corrected chi connectivity index (χ3v) is 3.29. The Bertz CT molecular complexity index is 446. The van der Waals surface area contributed by atoms with Crippen LogP contribution in [0.5, 0.6) is 0 Å². The Morgan fingerprint density at radius 1 is 1.25 bits per heavy atom. The molecule has 0 aliphatic carbocycles. The molecule has 1 unspecified atom stereocenters. The van der Waals surface area contributed by atoms with Crippen LogP contribution < -0.4 is 0 Å². The van der Waals surface area contributed by atoms with Gasteiger partial charge in [0.15, 0.2) is 9.84 Å². The first-order valence-electron chi connectivity index (χ1n) is 5.12. The molecule has 16 heavy (non-hydrogen) atoms. The summed E-state index contributed by atoms with van der Waals surface area (Å²) in [6, 6.07) is 7.37. The first kappa shape index (κ1) is 12.9. The average Bonchev–Trinajstić information content (AvgIpc) is 2.16. The lowest BCUT2D eigenvalue weighted by Gasteiger charge is -2.08. The van der Waals surface area contributed by atoms with E-state index in [1.165, 1.54) is 6.26 Å². The molecule has 1 aromatic carbocycles. The van der Waals surface area contributed by atoms with Crippen LogP contribution in [-0.4, -0.2) is 21.0 Å². The lowest BCUT2D eigenvalue weighted by molar-refractivity contribution is -0.108. The molecule has 88 valence electrons. The van der Waals surface area contributed by atoms with E-state index in [2.05, 4.69) is 0 Å². The van der Waals surface area contributed by atoms with E-state index in [-0.39, 0.29) is 11.7 Å². The number of benzene rings is 1. The standard InChI is InChI=1S/C12H16O3S/c1-10(7-8-13)12-5-3-11(4-6-12)9-16(2,14)15/h3-6,8,10H,7,9H2,1-2H3. The molecular formula is C12H16O3S. The highest BCUT2D eigenvalue weighted by atomic mass is 32.2. The maximum Gasteiger partial charge on any atom is 0.151 e. The van der Waals surface area contributed by atoms with E-state index in [0.717, 1.165) is 17.4 Å². The molecule has 0 saturated carbocycles. The average molecular weight is 240 g/mol. The van der Waals surface area contributed by atoms with Gasteiger partial charge in [0.25, 0.3) is 0 Å². The Labute approximate surface area is 96.4 Å². The van der Waals surface area contributed by atoms with Crippen LogP contribution in [0, 0.1) is 0 Å². The van der Waals surface area contributed by atoms with Crippen LogP contribution in [0.25, 0.3) is 0 Å². The van der Waals surface area contributed by atoms with Crippen molar-refractivity contribution in [1.82, 2.24) is 0 Å². The van der Waals surface area contributed by atoms with Crippen LogP contribution in [0.15, 0.2) is 24.3 Å². The van der Waals surface area contributed by atoms with Gasteiger partial charge in [-0.25, -0.2) is 8.42 Å².